The van der Waals surface area contributed by atoms with E-state index in [2.05, 4.69) is 17.1 Å². The first-order chi connectivity index (χ1) is 11.4. The second-order valence-electron chi connectivity index (χ2n) is 5.74. The molecular weight excluding hydrogens is 315 g/mol. The van der Waals surface area contributed by atoms with Gasteiger partial charge in [-0.25, -0.2) is 0 Å². The maximum absolute atomic E-state index is 13.1. The number of rotatable bonds is 4. The van der Waals surface area contributed by atoms with Gasteiger partial charge >= 0.3 is 6.18 Å². The van der Waals surface area contributed by atoms with Crippen LogP contribution in [0.5, 0.6) is 0 Å². The van der Waals surface area contributed by atoms with Crippen molar-refractivity contribution in [2.45, 2.75) is 12.7 Å². The highest BCUT2D eigenvalue weighted by atomic mass is 19.4. The van der Waals surface area contributed by atoms with Gasteiger partial charge in [-0.15, -0.1) is 0 Å². The zero-order valence-corrected chi connectivity index (χ0v) is 12.9. The summed E-state index contributed by atoms with van der Waals surface area (Å²) in [5.41, 5.74) is -0.0282. The fourth-order valence-corrected chi connectivity index (χ4v) is 2.80. The summed E-state index contributed by atoms with van der Waals surface area (Å²) in [6, 6.07) is 11.7. The molecule has 0 saturated heterocycles. The van der Waals surface area contributed by atoms with Crippen molar-refractivity contribution >= 4 is 5.78 Å². The average Bonchev–Trinajstić information content (AvgIpc) is 3.06. The van der Waals surface area contributed by atoms with Crippen molar-refractivity contribution < 1.29 is 18.0 Å². The molecule has 0 bridgehead atoms. The van der Waals surface area contributed by atoms with E-state index in [1.807, 2.05) is 6.07 Å². The molecule has 1 aliphatic rings. The van der Waals surface area contributed by atoms with Crippen LogP contribution in [0.3, 0.4) is 0 Å². The lowest BCUT2D eigenvalue weighted by Gasteiger charge is -2.15. The van der Waals surface area contributed by atoms with Crippen LogP contribution in [0.2, 0.25) is 0 Å². The Morgan fingerprint density at radius 1 is 1.00 bits per heavy atom. The lowest BCUT2D eigenvalue weighted by atomic mass is 9.97. The summed E-state index contributed by atoms with van der Waals surface area (Å²) in [5, 5.41) is 0. The normalized spacial score (nSPS) is 15.0. The van der Waals surface area contributed by atoms with E-state index < -0.39 is 17.5 Å². The van der Waals surface area contributed by atoms with Crippen LogP contribution >= 0.6 is 0 Å². The number of carbonyl (C=O) groups excluding carboxylic acids is 1. The number of benzene rings is 2. The minimum atomic E-state index is -4.55. The van der Waals surface area contributed by atoms with Crippen LogP contribution in [0.25, 0.3) is 0 Å². The fourth-order valence-electron chi connectivity index (χ4n) is 2.80. The number of ketones is 1. The Morgan fingerprint density at radius 3 is 2.42 bits per heavy atom. The Morgan fingerprint density at radius 2 is 1.71 bits per heavy atom. The topological polar surface area (TPSA) is 20.3 Å². The van der Waals surface area contributed by atoms with Crippen molar-refractivity contribution in [1.82, 2.24) is 4.90 Å². The zero-order chi connectivity index (χ0) is 17.2. The highest BCUT2D eigenvalue weighted by Crippen LogP contribution is 2.32. The van der Waals surface area contributed by atoms with E-state index >= 15 is 0 Å². The standard InChI is InChI=1S/C19H16F3NO/c20-19(21,22)17-9-2-1-8-16(17)18(24)15-7-5-6-14(12-15)13-23-10-3-4-11-23/h1-9,12H,10-11,13H2. The summed E-state index contributed by atoms with van der Waals surface area (Å²) >= 11 is 0. The van der Waals surface area contributed by atoms with E-state index in [1.165, 1.54) is 18.2 Å². The monoisotopic (exact) mass is 331 g/mol. The Hall–Kier alpha value is -2.40. The molecule has 0 spiro atoms. The number of carbonyl (C=O) groups is 1. The first-order valence-electron chi connectivity index (χ1n) is 7.62. The largest absolute Gasteiger partial charge is 0.417 e. The van der Waals surface area contributed by atoms with Crippen molar-refractivity contribution in [2.24, 2.45) is 0 Å². The van der Waals surface area contributed by atoms with E-state index in [0.717, 1.165) is 24.7 Å². The molecule has 5 heteroatoms. The first-order valence-corrected chi connectivity index (χ1v) is 7.62. The van der Waals surface area contributed by atoms with Crippen molar-refractivity contribution in [2.75, 3.05) is 13.1 Å². The number of hydrogen-bond acceptors (Lipinski definition) is 2. The number of hydrogen-bond donors (Lipinski definition) is 0. The summed E-state index contributed by atoms with van der Waals surface area (Å²) < 4.78 is 39.3. The predicted molar refractivity (Wildman–Crippen MR) is 85.7 cm³/mol. The number of nitrogens with zero attached hydrogens (tertiary/aromatic N) is 1. The summed E-state index contributed by atoms with van der Waals surface area (Å²) in [6.07, 6.45) is -0.422. The summed E-state index contributed by atoms with van der Waals surface area (Å²) in [6.45, 7) is 2.35. The van der Waals surface area contributed by atoms with Crippen LogP contribution in [-0.2, 0) is 12.7 Å². The van der Waals surface area contributed by atoms with Crippen molar-refractivity contribution in [1.29, 1.82) is 0 Å². The van der Waals surface area contributed by atoms with E-state index in [9.17, 15) is 18.0 Å². The molecule has 1 heterocycles. The highest BCUT2D eigenvalue weighted by molar-refractivity contribution is 6.10. The fraction of sp³-hybridized carbons (Fsp3) is 0.211. The van der Waals surface area contributed by atoms with E-state index in [1.54, 1.807) is 18.2 Å². The maximum atomic E-state index is 13.1. The molecule has 0 aliphatic carbocycles. The maximum Gasteiger partial charge on any atom is 0.417 e. The molecule has 0 unspecified atom stereocenters. The smallest absolute Gasteiger partial charge is 0.292 e. The van der Waals surface area contributed by atoms with Gasteiger partial charge in [0.15, 0.2) is 5.78 Å². The third kappa shape index (κ3) is 3.57. The van der Waals surface area contributed by atoms with Gasteiger partial charge in [0.2, 0.25) is 0 Å². The Labute approximate surface area is 138 Å². The first kappa shape index (κ1) is 16.5. The van der Waals surface area contributed by atoms with Gasteiger partial charge in [0.1, 0.15) is 0 Å². The SMILES string of the molecule is O=C(c1cccc(CN2CC=CC2)c1)c1ccccc1C(F)(F)F. The minimum Gasteiger partial charge on any atom is -0.292 e. The molecule has 2 nitrogen and oxygen atoms in total. The van der Waals surface area contributed by atoms with Gasteiger partial charge in [-0.2, -0.15) is 13.2 Å². The molecule has 0 atom stereocenters. The Balaban J connectivity index is 1.88. The van der Waals surface area contributed by atoms with E-state index in [4.69, 9.17) is 0 Å². The molecule has 3 rings (SSSR count). The molecule has 1 aliphatic heterocycles. The van der Waals surface area contributed by atoms with Gasteiger partial charge in [-0.3, -0.25) is 9.69 Å². The molecule has 0 radical (unpaired) electrons. The second kappa shape index (κ2) is 6.61. The molecule has 124 valence electrons. The van der Waals surface area contributed by atoms with Crippen molar-refractivity contribution in [3.8, 4) is 0 Å². The molecule has 0 saturated carbocycles. The molecule has 2 aromatic rings. The lowest BCUT2D eigenvalue weighted by molar-refractivity contribution is -0.137. The number of halogens is 3. The van der Waals surface area contributed by atoms with Crippen molar-refractivity contribution in [3.63, 3.8) is 0 Å². The minimum absolute atomic E-state index is 0.274. The third-order valence-electron chi connectivity index (χ3n) is 3.97. The van der Waals surface area contributed by atoms with Gasteiger partial charge in [0, 0.05) is 30.8 Å². The molecule has 0 aromatic heterocycles. The molecular formula is C19H16F3NO. The van der Waals surface area contributed by atoms with Crippen LogP contribution in [0.1, 0.15) is 27.0 Å². The van der Waals surface area contributed by atoms with E-state index in [0.29, 0.717) is 6.54 Å². The van der Waals surface area contributed by atoms with Crippen LogP contribution in [0.15, 0.2) is 60.7 Å². The average molecular weight is 331 g/mol. The zero-order valence-electron chi connectivity index (χ0n) is 12.9. The Bertz CT molecular complexity index is 772. The van der Waals surface area contributed by atoms with Gasteiger partial charge in [-0.05, 0) is 17.7 Å². The predicted octanol–water partition coefficient (Wildman–Crippen LogP) is 4.31. The summed E-state index contributed by atoms with van der Waals surface area (Å²) in [5.74, 6) is -0.607. The Kier molecular flexibility index (Phi) is 4.53. The molecule has 0 N–H and O–H groups in total. The van der Waals surface area contributed by atoms with Crippen LogP contribution < -0.4 is 0 Å². The molecule has 2 aromatic carbocycles. The second-order valence-corrected chi connectivity index (χ2v) is 5.74. The van der Waals surface area contributed by atoms with Gasteiger partial charge in [0.05, 0.1) is 5.56 Å². The van der Waals surface area contributed by atoms with E-state index in [-0.39, 0.29) is 11.1 Å². The molecule has 24 heavy (non-hydrogen) atoms. The summed E-state index contributed by atoms with van der Waals surface area (Å²) in [7, 11) is 0. The lowest BCUT2D eigenvalue weighted by Crippen LogP contribution is -2.19. The number of alkyl halides is 3. The molecule has 0 fully saturated rings. The van der Waals surface area contributed by atoms with Gasteiger partial charge < -0.3 is 0 Å². The van der Waals surface area contributed by atoms with Crippen LogP contribution in [0, 0.1) is 0 Å². The van der Waals surface area contributed by atoms with Gasteiger partial charge in [-0.1, -0.05) is 48.6 Å². The quantitative estimate of drug-likeness (QED) is 0.615. The molecule has 0 amide bonds. The highest BCUT2D eigenvalue weighted by Gasteiger charge is 2.34. The summed E-state index contributed by atoms with van der Waals surface area (Å²) in [4.78, 5) is 14.8. The van der Waals surface area contributed by atoms with Gasteiger partial charge in [0.25, 0.3) is 0 Å². The van der Waals surface area contributed by atoms with Crippen molar-refractivity contribution in [3.05, 3.63) is 82.9 Å². The van der Waals surface area contributed by atoms with Crippen LogP contribution in [-0.4, -0.2) is 23.8 Å². The third-order valence-corrected chi connectivity index (χ3v) is 3.97. The van der Waals surface area contributed by atoms with Crippen LogP contribution in [0.4, 0.5) is 13.2 Å².